The van der Waals surface area contributed by atoms with E-state index >= 15 is 0 Å². The minimum atomic E-state index is 1.21. The Morgan fingerprint density at radius 2 is 1.50 bits per heavy atom. The summed E-state index contributed by atoms with van der Waals surface area (Å²) in [5.74, 6) is 1.21. The third-order valence-electron chi connectivity index (χ3n) is 3.76. The molecule has 0 aliphatic heterocycles. The van der Waals surface area contributed by atoms with Crippen LogP contribution in [-0.4, -0.2) is 4.57 Å². The van der Waals surface area contributed by atoms with Crippen LogP contribution in [-0.2, 0) is 7.05 Å². The van der Waals surface area contributed by atoms with E-state index in [4.69, 9.17) is 0 Å². The summed E-state index contributed by atoms with van der Waals surface area (Å²) >= 11 is 0. The number of imidazole rings is 1. The van der Waals surface area contributed by atoms with E-state index in [1.807, 2.05) is 0 Å². The lowest BCUT2D eigenvalue weighted by atomic mass is 10.1. The van der Waals surface area contributed by atoms with Crippen molar-refractivity contribution in [2.24, 2.45) is 7.05 Å². The SMILES string of the molecule is Cc1ccccc1-c1n(-c2ccccc2C)cc[n+]1C. The van der Waals surface area contributed by atoms with E-state index < -0.39 is 0 Å². The first-order chi connectivity index (χ1) is 9.68. The molecule has 0 radical (unpaired) electrons. The van der Waals surface area contributed by atoms with Crippen LogP contribution in [0.3, 0.4) is 0 Å². The zero-order valence-electron chi connectivity index (χ0n) is 12.2. The molecule has 0 amide bonds. The number of hydrogen-bond acceptors (Lipinski definition) is 0. The lowest BCUT2D eigenvalue weighted by Crippen LogP contribution is -2.29. The smallest absolute Gasteiger partial charge is 0.232 e. The van der Waals surface area contributed by atoms with Gasteiger partial charge in [-0.25, -0.2) is 4.57 Å². The predicted molar refractivity (Wildman–Crippen MR) is 81.9 cm³/mol. The highest BCUT2D eigenvalue weighted by atomic mass is 15.1. The van der Waals surface area contributed by atoms with Crippen molar-refractivity contribution in [3.05, 3.63) is 72.1 Å². The third kappa shape index (κ3) is 2.03. The number of para-hydroxylation sites is 1. The van der Waals surface area contributed by atoms with Gasteiger partial charge in [-0.05, 0) is 37.1 Å². The number of hydrogen-bond donors (Lipinski definition) is 0. The molecule has 0 bridgehead atoms. The highest BCUT2D eigenvalue weighted by Gasteiger charge is 2.20. The Balaban J connectivity index is 2.26. The van der Waals surface area contributed by atoms with Gasteiger partial charge in [-0.15, -0.1) is 0 Å². The maximum absolute atomic E-state index is 2.26. The summed E-state index contributed by atoms with van der Waals surface area (Å²) in [5.41, 5.74) is 5.06. The van der Waals surface area contributed by atoms with E-state index in [1.54, 1.807) is 0 Å². The van der Waals surface area contributed by atoms with Crippen LogP contribution in [0.25, 0.3) is 17.1 Å². The van der Waals surface area contributed by atoms with Gasteiger partial charge in [-0.2, -0.15) is 4.57 Å². The summed E-state index contributed by atoms with van der Waals surface area (Å²) in [4.78, 5) is 0. The fourth-order valence-electron chi connectivity index (χ4n) is 2.65. The highest BCUT2D eigenvalue weighted by molar-refractivity contribution is 5.61. The van der Waals surface area contributed by atoms with E-state index in [1.165, 1.54) is 28.2 Å². The van der Waals surface area contributed by atoms with Gasteiger partial charge >= 0.3 is 0 Å². The van der Waals surface area contributed by atoms with Crippen LogP contribution in [0.15, 0.2) is 60.9 Å². The number of rotatable bonds is 2. The number of aryl methyl sites for hydroxylation is 3. The zero-order valence-corrected chi connectivity index (χ0v) is 12.2. The van der Waals surface area contributed by atoms with Crippen LogP contribution in [0.2, 0.25) is 0 Å². The van der Waals surface area contributed by atoms with Crippen LogP contribution in [0.4, 0.5) is 0 Å². The Hall–Kier alpha value is -2.35. The van der Waals surface area contributed by atoms with Crippen LogP contribution in [0.5, 0.6) is 0 Å². The van der Waals surface area contributed by atoms with Crippen molar-refractivity contribution < 1.29 is 4.57 Å². The normalized spacial score (nSPS) is 10.8. The average Bonchev–Trinajstić information content (AvgIpc) is 2.82. The molecule has 0 fully saturated rings. The second kappa shape index (κ2) is 4.97. The van der Waals surface area contributed by atoms with Gasteiger partial charge in [0.2, 0.25) is 0 Å². The minimum absolute atomic E-state index is 1.21. The Morgan fingerprint density at radius 3 is 2.20 bits per heavy atom. The zero-order chi connectivity index (χ0) is 14.1. The largest absolute Gasteiger partial charge is 0.294 e. The first-order valence-corrected chi connectivity index (χ1v) is 6.87. The van der Waals surface area contributed by atoms with Crippen LogP contribution >= 0.6 is 0 Å². The van der Waals surface area contributed by atoms with Gasteiger partial charge in [-0.3, -0.25) is 0 Å². The summed E-state index contributed by atoms with van der Waals surface area (Å²) < 4.78 is 4.44. The van der Waals surface area contributed by atoms with E-state index in [0.717, 1.165) is 0 Å². The Bertz CT molecular complexity index is 754. The Labute approximate surface area is 119 Å². The van der Waals surface area contributed by atoms with Gasteiger partial charge in [0.05, 0.1) is 12.6 Å². The highest BCUT2D eigenvalue weighted by Crippen LogP contribution is 2.24. The molecule has 0 aliphatic carbocycles. The monoisotopic (exact) mass is 263 g/mol. The molecule has 2 aromatic carbocycles. The topological polar surface area (TPSA) is 8.81 Å². The molecular formula is C18H19N2+. The lowest BCUT2D eigenvalue weighted by molar-refractivity contribution is -0.659. The molecule has 1 aromatic heterocycles. The Morgan fingerprint density at radius 1 is 0.850 bits per heavy atom. The first kappa shape index (κ1) is 12.7. The lowest BCUT2D eigenvalue weighted by Gasteiger charge is -2.07. The van der Waals surface area contributed by atoms with Crippen molar-refractivity contribution in [2.75, 3.05) is 0 Å². The minimum Gasteiger partial charge on any atom is -0.232 e. The fraction of sp³-hybridized carbons (Fsp3) is 0.167. The van der Waals surface area contributed by atoms with Gasteiger partial charge in [0.15, 0.2) is 0 Å². The molecule has 0 saturated heterocycles. The molecule has 0 saturated carbocycles. The van der Waals surface area contributed by atoms with Crippen molar-refractivity contribution in [3.63, 3.8) is 0 Å². The average molecular weight is 263 g/mol. The standard InChI is InChI=1S/C18H19N2/c1-14-8-4-6-10-16(14)18-19(3)12-13-20(18)17-11-7-5-9-15(17)2/h4-13H,1-3H3/q+1. The summed E-state index contributed by atoms with van der Waals surface area (Å²) in [6, 6.07) is 17.0. The predicted octanol–water partition coefficient (Wildman–Crippen LogP) is 3.59. The summed E-state index contributed by atoms with van der Waals surface area (Å²) in [5, 5.41) is 0. The van der Waals surface area contributed by atoms with Gasteiger partial charge in [0.25, 0.3) is 5.82 Å². The van der Waals surface area contributed by atoms with Crippen molar-refractivity contribution in [1.82, 2.24) is 4.57 Å². The molecule has 2 heteroatoms. The maximum Gasteiger partial charge on any atom is 0.294 e. The van der Waals surface area contributed by atoms with Crippen LogP contribution in [0, 0.1) is 13.8 Å². The molecule has 100 valence electrons. The van der Waals surface area contributed by atoms with Crippen molar-refractivity contribution >= 4 is 0 Å². The second-order valence-corrected chi connectivity index (χ2v) is 5.20. The van der Waals surface area contributed by atoms with Crippen LogP contribution < -0.4 is 4.57 Å². The summed E-state index contributed by atoms with van der Waals surface area (Å²) in [6.45, 7) is 4.31. The van der Waals surface area contributed by atoms with Crippen molar-refractivity contribution in [3.8, 4) is 17.1 Å². The van der Waals surface area contributed by atoms with Gasteiger partial charge in [0, 0.05) is 0 Å². The molecule has 2 nitrogen and oxygen atoms in total. The molecule has 0 unspecified atom stereocenters. The van der Waals surface area contributed by atoms with E-state index in [0.29, 0.717) is 0 Å². The first-order valence-electron chi connectivity index (χ1n) is 6.87. The van der Waals surface area contributed by atoms with E-state index in [9.17, 15) is 0 Å². The molecule has 20 heavy (non-hydrogen) atoms. The van der Waals surface area contributed by atoms with Gasteiger partial charge < -0.3 is 0 Å². The van der Waals surface area contributed by atoms with Gasteiger partial charge in [0.1, 0.15) is 18.1 Å². The molecule has 0 atom stereocenters. The van der Waals surface area contributed by atoms with Crippen LogP contribution in [0.1, 0.15) is 11.1 Å². The molecule has 0 N–H and O–H groups in total. The number of benzene rings is 2. The van der Waals surface area contributed by atoms with Crippen molar-refractivity contribution in [2.45, 2.75) is 13.8 Å². The quantitative estimate of drug-likeness (QED) is 0.625. The van der Waals surface area contributed by atoms with E-state index in [-0.39, 0.29) is 0 Å². The summed E-state index contributed by atoms with van der Waals surface area (Å²) in [6.07, 6.45) is 4.23. The molecule has 0 spiro atoms. The second-order valence-electron chi connectivity index (χ2n) is 5.20. The van der Waals surface area contributed by atoms with Gasteiger partial charge in [-0.1, -0.05) is 36.4 Å². The fourth-order valence-corrected chi connectivity index (χ4v) is 2.65. The molecule has 3 rings (SSSR count). The third-order valence-corrected chi connectivity index (χ3v) is 3.76. The molecule has 1 heterocycles. The number of nitrogens with zero attached hydrogens (tertiary/aromatic N) is 2. The Kier molecular flexibility index (Phi) is 3.15. The maximum atomic E-state index is 2.26. The molecular weight excluding hydrogens is 244 g/mol. The summed E-state index contributed by atoms with van der Waals surface area (Å²) in [7, 11) is 2.09. The van der Waals surface area contributed by atoms with Crippen molar-refractivity contribution in [1.29, 1.82) is 0 Å². The number of aromatic nitrogens is 2. The molecule has 0 aliphatic rings. The van der Waals surface area contributed by atoms with E-state index in [2.05, 4.69) is 91.0 Å². The molecule has 3 aromatic rings.